The summed E-state index contributed by atoms with van der Waals surface area (Å²) in [7, 11) is 0. The van der Waals surface area contributed by atoms with E-state index in [4.69, 9.17) is 14.2 Å². The molecule has 0 N–H and O–H groups in total. The third-order valence-electron chi connectivity index (χ3n) is 14.1. The summed E-state index contributed by atoms with van der Waals surface area (Å²) >= 11 is 0. The first-order valence-electron chi connectivity index (χ1n) is 33.7. The lowest BCUT2D eigenvalue weighted by atomic mass is 10.0. The van der Waals surface area contributed by atoms with Crippen molar-refractivity contribution in [2.24, 2.45) is 0 Å². The Morgan fingerprint density at radius 1 is 0.259 bits per heavy atom. The predicted molar refractivity (Wildman–Crippen MR) is 353 cm³/mol. The van der Waals surface area contributed by atoms with E-state index >= 15 is 0 Å². The van der Waals surface area contributed by atoms with Crippen LogP contribution in [0, 0.1) is 0 Å². The lowest BCUT2D eigenvalue weighted by Crippen LogP contribution is -2.30. The van der Waals surface area contributed by atoms with Gasteiger partial charge in [-0.05, 0) is 128 Å². The Balaban J connectivity index is 4.40. The van der Waals surface area contributed by atoms with Gasteiger partial charge in [0.25, 0.3) is 0 Å². The van der Waals surface area contributed by atoms with Crippen LogP contribution in [0.15, 0.2) is 134 Å². The maximum atomic E-state index is 12.9. The lowest BCUT2D eigenvalue weighted by Gasteiger charge is -2.18. The van der Waals surface area contributed by atoms with Gasteiger partial charge >= 0.3 is 17.9 Å². The Hall–Kier alpha value is -4.45. The topological polar surface area (TPSA) is 78.9 Å². The number of unbranched alkanes of at least 4 members (excludes halogenated alkanes) is 27. The SMILES string of the molecule is CC/C=C\C/C=C\C/C=C\C/C=C\C/C=C\CCCC(=O)OCC(COC(=O)CCCCCCCCCCCCCCCCC/C=C\C/C=C\CCCCCCC)OC(=O)CCCCCCCC/C=C\C/C=C\C/C=C\C/C=C\CC. The quantitative estimate of drug-likeness (QED) is 0.0261. The zero-order chi connectivity index (χ0) is 58.5. The molecule has 0 aliphatic rings. The molecule has 0 heterocycles. The summed E-state index contributed by atoms with van der Waals surface area (Å²) in [6.45, 7) is 6.36. The number of carbonyl (C=O) groups is 3. The van der Waals surface area contributed by atoms with Crippen molar-refractivity contribution in [2.45, 2.75) is 309 Å². The highest BCUT2D eigenvalue weighted by Gasteiger charge is 2.19. The van der Waals surface area contributed by atoms with Crippen molar-refractivity contribution < 1.29 is 28.6 Å². The van der Waals surface area contributed by atoms with Crippen LogP contribution >= 0.6 is 0 Å². The van der Waals surface area contributed by atoms with Crippen LogP contribution < -0.4 is 0 Å². The second kappa shape index (κ2) is 68.1. The fourth-order valence-corrected chi connectivity index (χ4v) is 9.15. The summed E-state index contributed by atoms with van der Waals surface area (Å²) < 4.78 is 16.9. The Bertz CT molecular complexity index is 1720. The highest BCUT2D eigenvalue weighted by atomic mass is 16.6. The number of hydrogen-bond acceptors (Lipinski definition) is 6. The summed E-state index contributed by atoms with van der Waals surface area (Å²) in [6.07, 6.45) is 96.2. The minimum absolute atomic E-state index is 0.104. The van der Waals surface area contributed by atoms with Crippen molar-refractivity contribution in [1.29, 1.82) is 0 Å². The van der Waals surface area contributed by atoms with Crippen LogP contribution in [0.5, 0.6) is 0 Å². The van der Waals surface area contributed by atoms with Crippen molar-refractivity contribution >= 4 is 17.9 Å². The molecule has 0 rings (SSSR count). The summed E-state index contributed by atoms with van der Waals surface area (Å²) in [6, 6.07) is 0. The highest BCUT2D eigenvalue weighted by Crippen LogP contribution is 2.16. The largest absolute Gasteiger partial charge is 0.462 e. The normalized spacial score (nSPS) is 13.0. The van der Waals surface area contributed by atoms with Crippen molar-refractivity contribution in [3.63, 3.8) is 0 Å². The Labute approximate surface area is 500 Å². The summed E-state index contributed by atoms with van der Waals surface area (Å²) in [5.41, 5.74) is 0. The summed E-state index contributed by atoms with van der Waals surface area (Å²) in [5.74, 6) is -0.974. The molecule has 0 fully saturated rings. The molecule has 0 aliphatic heterocycles. The molecule has 1 atom stereocenters. The molecular weight excluding hydrogens is 997 g/mol. The molecule has 0 saturated heterocycles. The van der Waals surface area contributed by atoms with E-state index in [2.05, 4.69) is 154 Å². The molecule has 460 valence electrons. The second-order valence-corrected chi connectivity index (χ2v) is 22.0. The van der Waals surface area contributed by atoms with Crippen molar-refractivity contribution in [3.8, 4) is 0 Å². The number of ether oxygens (including phenoxy) is 3. The number of esters is 3. The van der Waals surface area contributed by atoms with Crippen molar-refractivity contribution in [1.82, 2.24) is 0 Å². The molecule has 0 aliphatic carbocycles. The van der Waals surface area contributed by atoms with Crippen LogP contribution in [-0.4, -0.2) is 37.2 Å². The van der Waals surface area contributed by atoms with Gasteiger partial charge in [-0.1, -0.05) is 289 Å². The van der Waals surface area contributed by atoms with E-state index in [1.807, 2.05) is 0 Å². The first-order valence-corrected chi connectivity index (χ1v) is 33.7. The molecular formula is C75H124O6. The smallest absolute Gasteiger partial charge is 0.306 e. The number of hydrogen-bond donors (Lipinski definition) is 0. The van der Waals surface area contributed by atoms with Gasteiger partial charge in [0.05, 0.1) is 0 Å². The molecule has 6 nitrogen and oxygen atoms in total. The van der Waals surface area contributed by atoms with E-state index in [1.54, 1.807) is 0 Å². The fourth-order valence-electron chi connectivity index (χ4n) is 9.15. The molecule has 0 saturated carbocycles. The summed E-state index contributed by atoms with van der Waals surface area (Å²) in [4.78, 5) is 38.4. The Morgan fingerprint density at radius 2 is 0.494 bits per heavy atom. The van der Waals surface area contributed by atoms with E-state index in [9.17, 15) is 14.4 Å². The molecule has 0 aromatic rings. The van der Waals surface area contributed by atoms with E-state index in [0.29, 0.717) is 19.3 Å². The van der Waals surface area contributed by atoms with Gasteiger partial charge in [-0.15, -0.1) is 0 Å². The standard InChI is InChI=1S/C75H124O6/c1-4-7-10-13-16-19-22-25-28-31-33-34-35-36-37-38-39-40-42-44-47-50-53-56-59-62-65-68-74(77)80-71-72(70-79-73(76)67-64-61-58-55-52-49-46-43-30-27-24-21-18-15-12-9-6-3)81-75(78)69-66-63-60-57-54-51-48-45-41-32-29-26-23-20-17-14-11-8-5-2/h8-9,11-12,17-18,20-22,25-27,29-31,33,41,45-46,49,55,58,72H,4-7,10,13-16,19,23-24,28,32,34-40,42-44,47-48,50-54,56-57,59-71H2,1-3H3/b11-8-,12-9-,20-17-,21-18-,25-22-,29-26-,30-27-,33-31-,45-41-,49-46-,58-55-. The first kappa shape index (κ1) is 76.5. The van der Waals surface area contributed by atoms with Gasteiger partial charge in [0.1, 0.15) is 13.2 Å². The highest BCUT2D eigenvalue weighted by molar-refractivity contribution is 5.71. The maximum Gasteiger partial charge on any atom is 0.306 e. The zero-order valence-corrected chi connectivity index (χ0v) is 52.8. The van der Waals surface area contributed by atoms with Crippen LogP contribution in [0.1, 0.15) is 303 Å². The number of rotatable bonds is 60. The predicted octanol–water partition coefficient (Wildman–Crippen LogP) is 23.3. The molecule has 0 amide bonds. The van der Waals surface area contributed by atoms with Gasteiger partial charge in [-0.3, -0.25) is 14.4 Å². The van der Waals surface area contributed by atoms with Gasteiger partial charge < -0.3 is 14.2 Å². The third kappa shape index (κ3) is 66.2. The van der Waals surface area contributed by atoms with Crippen molar-refractivity contribution in [2.75, 3.05) is 13.2 Å². The average Bonchev–Trinajstić information content (AvgIpc) is 3.47. The first-order chi connectivity index (χ1) is 40.0. The van der Waals surface area contributed by atoms with Crippen LogP contribution in [0.4, 0.5) is 0 Å². The van der Waals surface area contributed by atoms with Gasteiger partial charge in [0.15, 0.2) is 6.10 Å². The zero-order valence-electron chi connectivity index (χ0n) is 52.8. The maximum absolute atomic E-state index is 12.9. The van der Waals surface area contributed by atoms with E-state index in [-0.39, 0.29) is 37.5 Å². The van der Waals surface area contributed by atoms with Crippen molar-refractivity contribution in [3.05, 3.63) is 134 Å². The molecule has 1 unspecified atom stereocenters. The van der Waals surface area contributed by atoms with Crippen LogP contribution in [0.2, 0.25) is 0 Å². The van der Waals surface area contributed by atoms with Crippen LogP contribution in [-0.2, 0) is 28.6 Å². The fraction of sp³-hybridized carbons (Fsp3) is 0.667. The Morgan fingerprint density at radius 3 is 0.802 bits per heavy atom. The third-order valence-corrected chi connectivity index (χ3v) is 14.1. The Kier molecular flexibility index (Phi) is 64.3. The minimum atomic E-state index is -0.815. The van der Waals surface area contributed by atoms with Gasteiger partial charge in [0.2, 0.25) is 0 Å². The molecule has 6 heteroatoms. The van der Waals surface area contributed by atoms with Crippen LogP contribution in [0.3, 0.4) is 0 Å². The molecule has 0 aromatic heterocycles. The molecule has 0 spiro atoms. The monoisotopic (exact) mass is 1120 g/mol. The lowest BCUT2D eigenvalue weighted by molar-refractivity contribution is -0.167. The average molecular weight is 1120 g/mol. The minimum Gasteiger partial charge on any atom is -0.462 e. The van der Waals surface area contributed by atoms with Gasteiger partial charge in [0, 0.05) is 19.3 Å². The molecule has 0 radical (unpaired) electrons. The molecule has 0 aromatic carbocycles. The number of allylic oxidation sites excluding steroid dienone is 22. The van der Waals surface area contributed by atoms with Gasteiger partial charge in [-0.25, -0.2) is 0 Å². The van der Waals surface area contributed by atoms with E-state index < -0.39 is 6.10 Å². The second-order valence-electron chi connectivity index (χ2n) is 22.0. The number of carbonyl (C=O) groups excluding carboxylic acids is 3. The van der Waals surface area contributed by atoms with Crippen LogP contribution in [0.25, 0.3) is 0 Å². The van der Waals surface area contributed by atoms with Gasteiger partial charge in [-0.2, -0.15) is 0 Å². The van der Waals surface area contributed by atoms with E-state index in [0.717, 1.165) is 122 Å². The molecule has 81 heavy (non-hydrogen) atoms. The van der Waals surface area contributed by atoms with E-state index in [1.165, 1.54) is 135 Å². The summed E-state index contributed by atoms with van der Waals surface area (Å²) in [5, 5.41) is 0. The molecule has 0 bridgehead atoms.